The lowest BCUT2D eigenvalue weighted by Gasteiger charge is -2.30. The van der Waals surface area contributed by atoms with Crippen LogP contribution in [0.3, 0.4) is 0 Å². The third-order valence-electron chi connectivity index (χ3n) is 3.55. The molecular formula is C17H33F3O5Si. The van der Waals surface area contributed by atoms with Gasteiger partial charge in [-0.1, -0.05) is 40.0 Å². The van der Waals surface area contributed by atoms with Gasteiger partial charge in [0, 0.05) is 25.9 Å². The molecule has 9 heteroatoms. The van der Waals surface area contributed by atoms with Crippen molar-refractivity contribution in [3.8, 4) is 0 Å². The summed E-state index contributed by atoms with van der Waals surface area (Å²) in [6, 6.07) is 0.329. The molecule has 0 rings (SSSR count). The van der Waals surface area contributed by atoms with Gasteiger partial charge in [-0.3, -0.25) is 0 Å². The highest BCUT2D eigenvalue weighted by atomic mass is 28.4. The van der Waals surface area contributed by atoms with E-state index in [0.29, 0.717) is 25.9 Å². The summed E-state index contributed by atoms with van der Waals surface area (Å²) >= 11 is 0. The smallest absolute Gasteiger partial charge is 0.459 e. The Bertz CT molecular complexity index is 340. The van der Waals surface area contributed by atoms with Crippen molar-refractivity contribution in [3.63, 3.8) is 0 Å². The summed E-state index contributed by atoms with van der Waals surface area (Å²) in [6.45, 7) is 7.26. The van der Waals surface area contributed by atoms with Crippen molar-refractivity contribution in [1.29, 1.82) is 0 Å². The van der Waals surface area contributed by atoms with Crippen molar-refractivity contribution in [2.24, 2.45) is 0 Å². The Morgan fingerprint density at radius 3 is 1.54 bits per heavy atom. The average Bonchev–Trinajstić information content (AvgIpc) is 2.58. The quantitative estimate of drug-likeness (QED) is 0.209. The zero-order chi connectivity index (χ0) is 19.9. The summed E-state index contributed by atoms with van der Waals surface area (Å²) in [5, 5.41) is 0. The molecule has 5 nitrogen and oxygen atoms in total. The van der Waals surface area contributed by atoms with Gasteiger partial charge in [0.15, 0.2) is 0 Å². The number of halogens is 3. The normalized spacial score (nSPS) is 12.4. The molecule has 0 spiro atoms. The van der Waals surface area contributed by atoms with E-state index in [0.717, 1.165) is 38.5 Å². The summed E-state index contributed by atoms with van der Waals surface area (Å²) in [7, 11) is -3.00. The highest BCUT2D eigenvalue weighted by Gasteiger charge is 2.42. The molecule has 0 radical (unpaired) electrons. The largest absolute Gasteiger partial charge is 0.501 e. The van der Waals surface area contributed by atoms with Gasteiger partial charge in [-0.25, -0.2) is 4.79 Å². The molecule has 156 valence electrons. The molecule has 0 saturated carbocycles. The number of carbonyl (C=O) groups excluding carboxylic acids is 1. The Morgan fingerprint density at radius 1 is 0.769 bits per heavy atom. The standard InChI is InChI=1S/C17H33F3O5Si/c1-4-7-12-23-26(24-13-8-5-2,25-14-9-6-3)15-10-11-22-16(21)17(18,19)20/h4-15H2,1-3H3. The first-order valence-corrected chi connectivity index (χ1v) is 11.4. The molecule has 0 saturated heterocycles. The van der Waals surface area contributed by atoms with Gasteiger partial charge in [0.1, 0.15) is 0 Å². The third-order valence-corrected chi connectivity index (χ3v) is 6.45. The minimum atomic E-state index is -4.97. The van der Waals surface area contributed by atoms with Gasteiger partial charge in [-0.05, 0) is 25.7 Å². The van der Waals surface area contributed by atoms with Crippen LogP contribution in [0.5, 0.6) is 0 Å². The summed E-state index contributed by atoms with van der Waals surface area (Å²) in [5.74, 6) is -2.17. The highest BCUT2D eigenvalue weighted by Crippen LogP contribution is 2.21. The lowest BCUT2D eigenvalue weighted by Crippen LogP contribution is -2.47. The van der Waals surface area contributed by atoms with Crippen LogP contribution in [0.4, 0.5) is 13.2 Å². The van der Waals surface area contributed by atoms with E-state index in [1.807, 2.05) is 20.8 Å². The van der Waals surface area contributed by atoms with Gasteiger partial charge in [-0.15, -0.1) is 0 Å². The Hall–Kier alpha value is -0.643. The number of esters is 1. The van der Waals surface area contributed by atoms with Crippen molar-refractivity contribution in [1.82, 2.24) is 0 Å². The maximum atomic E-state index is 12.2. The highest BCUT2D eigenvalue weighted by molar-refractivity contribution is 6.60. The fraction of sp³-hybridized carbons (Fsp3) is 0.941. The van der Waals surface area contributed by atoms with Gasteiger partial charge in [0.2, 0.25) is 0 Å². The maximum absolute atomic E-state index is 12.2. The number of alkyl halides is 3. The summed E-state index contributed by atoms with van der Waals surface area (Å²) < 4.78 is 58.7. The van der Waals surface area contributed by atoms with E-state index in [1.54, 1.807) is 0 Å². The molecule has 0 aromatic heterocycles. The first-order chi connectivity index (χ1) is 12.3. The van der Waals surface area contributed by atoms with Crippen LogP contribution in [0, 0.1) is 0 Å². The first kappa shape index (κ1) is 25.4. The zero-order valence-electron chi connectivity index (χ0n) is 16.2. The lowest BCUT2D eigenvalue weighted by molar-refractivity contribution is -0.199. The van der Waals surface area contributed by atoms with Gasteiger partial charge in [0.25, 0.3) is 0 Å². The minimum absolute atomic E-state index is 0.207. The second kappa shape index (κ2) is 14.4. The van der Waals surface area contributed by atoms with Crippen molar-refractivity contribution in [3.05, 3.63) is 0 Å². The van der Waals surface area contributed by atoms with Crippen LogP contribution >= 0.6 is 0 Å². The van der Waals surface area contributed by atoms with Gasteiger partial charge >= 0.3 is 21.0 Å². The van der Waals surface area contributed by atoms with Gasteiger partial charge < -0.3 is 18.0 Å². The van der Waals surface area contributed by atoms with Crippen molar-refractivity contribution in [2.45, 2.75) is 77.9 Å². The van der Waals surface area contributed by atoms with E-state index >= 15 is 0 Å². The molecule has 0 aromatic rings. The van der Waals surface area contributed by atoms with Crippen LogP contribution in [-0.4, -0.2) is 47.4 Å². The van der Waals surface area contributed by atoms with Gasteiger partial charge in [0.05, 0.1) is 6.61 Å². The predicted octanol–water partition coefficient (Wildman–Crippen LogP) is 4.87. The zero-order valence-corrected chi connectivity index (χ0v) is 17.2. The van der Waals surface area contributed by atoms with E-state index in [4.69, 9.17) is 13.3 Å². The number of rotatable bonds is 16. The molecule has 0 atom stereocenters. The van der Waals surface area contributed by atoms with Crippen LogP contribution in [0.1, 0.15) is 65.7 Å². The minimum Gasteiger partial charge on any atom is -0.459 e. The number of hydrogen-bond acceptors (Lipinski definition) is 5. The number of unbranched alkanes of at least 4 members (excludes halogenated alkanes) is 3. The van der Waals surface area contributed by atoms with Crippen LogP contribution in [0.25, 0.3) is 0 Å². The molecule has 0 N–H and O–H groups in total. The topological polar surface area (TPSA) is 54.0 Å². The fourth-order valence-electron chi connectivity index (χ4n) is 1.99. The third kappa shape index (κ3) is 11.9. The lowest BCUT2D eigenvalue weighted by atomic mass is 10.4. The fourth-order valence-corrected chi connectivity index (χ4v) is 4.62. The van der Waals surface area contributed by atoms with Crippen molar-refractivity contribution < 1.29 is 36.0 Å². The van der Waals surface area contributed by atoms with E-state index < -0.39 is 21.0 Å². The first-order valence-electron chi connectivity index (χ1n) is 9.47. The van der Waals surface area contributed by atoms with Crippen LogP contribution in [0.2, 0.25) is 6.04 Å². The molecule has 0 bridgehead atoms. The Labute approximate surface area is 155 Å². The molecule has 0 heterocycles. The van der Waals surface area contributed by atoms with E-state index in [9.17, 15) is 18.0 Å². The Balaban J connectivity index is 4.72. The number of carbonyl (C=O) groups is 1. The molecule has 0 aliphatic heterocycles. The summed E-state index contributed by atoms with van der Waals surface area (Å²) in [4.78, 5) is 10.8. The van der Waals surface area contributed by atoms with Crippen LogP contribution < -0.4 is 0 Å². The molecular weight excluding hydrogens is 369 g/mol. The maximum Gasteiger partial charge on any atom is 0.501 e. The van der Waals surface area contributed by atoms with E-state index in [1.165, 1.54) is 0 Å². The molecule has 0 aromatic carbocycles. The molecule has 0 aliphatic rings. The number of ether oxygens (including phenoxy) is 1. The Morgan fingerprint density at radius 2 is 1.19 bits per heavy atom. The predicted molar refractivity (Wildman–Crippen MR) is 94.8 cm³/mol. The van der Waals surface area contributed by atoms with Crippen LogP contribution in [-0.2, 0) is 22.8 Å². The van der Waals surface area contributed by atoms with Crippen LogP contribution in [0.15, 0.2) is 0 Å². The van der Waals surface area contributed by atoms with E-state index in [2.05, 4.69) is 4.74 Å². The summed E-state index contributed by atoms with van der Waals surface area (Å²) in [5.41, 5.74) is 0. The molecule has 0 amide bonds. The second-order valence-electron chi connectivity index (χ2n) is 6.03. The molecule has 0 fully saturated rings. The molecule has 0 unspecified atom stereocenters. The SMILES string of the molecule is CCCCO[Si](CCCOC(=O)C(F)(F)F)(OCCCC)OCCCC. The van der Waals surface area contributed by atoms with E-state index in [-0.39, 0.29) is 13.0 Å². The molecule has 0 aliphatic carbocycles. The Kier molecular flexibility index (Phi) is 14.1. The monoisotopic (exact) mass is 402 g/mol. The van der Waals surface area contributed by atoms with Gasteiger partial charge in [-0.2, -0.15) is 13.2 Å². The molecule has 26 heavy (non-hydrogen) atoms. The number of hydrogen-bond donors (Lipinski definition) is 0. The summed E-state index contributed by atoms with van der Waals surface area (Å²) in [6.07, 6.45) is 0.664. The average molecular weight is 403 g/mol. The van der Waals surface area contributed by atoms with Crippen molar-refractivity contribution in [2.75, 3.05) is 26.4 Å². The van der Waals surface area contributed by atoms with Crippen molar-refractivity contribution >= 4 is 14.8 Å². The second-order valence-corrected chi connectivity index (χ2v) is 8.76.